The van der Waals surface area contributed by atoms with Crippen molar-refractivity contribution in [2.75, 3.05) is 18.8 Å². The highest BCUT2D eigenvalue weighted by atomic mass is 32.2. The molecule has 1 aliphatic rings. The second-order valence-corrected chi connectivity index (χ2v) is 9.23. The van der Waals surface area contributed by atoms with Gasteiger partial charge in [0.1, 0.15) is 12.6 Å². The van der Waals surface area contributed by atoms with Crippen molar-refractivity contribution in [1.29, 1.82) is 0 Å². The summed E-state index contributed by atoms with van der Waals surface area (Å²) in [4.78, 5) is 37.7. The van der Waals surface area contributed by atoms with Crippen molar-refractivity contribution in [1.82, 2.24) is 10.2 Å². The number of thioether (sulfide) groups is 1. The summed E-state index contributed by atoms with van der Waals surface area (Å²) in [6.45, 7) is -0.0881. The molecule has 1 fully saturated rings. The molecule has 0 aliphatic carbocycles. The Hall–Kier alpha value is -2.84. The van der Waals surface area contributed by atoms with E-state index in [1.54, 1.807) is 11.8 Å². The normalized spacial score (nSPS) is 19.9. The van der Waals surface area contributed by atoms with Gasteiger partial charge in [0.15, 0.2) is 0 Å². The fraction of sp³-hybridized carbons (Fsp3) is 0.375. The molecule has 1 aliphatic heterocycles. The third-order valence-electron chi connectivity index (χ3n) is 5.43. The number of rotatable bonds is 10. The summed E-state index contributed by atoms with van der Waals surface area (Å²) in [5.41, 5.74) is 2.14. The van der Waals surface area contributed by atoms with E-state index < -0.39 is 30.6 Å². The van der Waals surface area contributed by atoms with E-state index in [0.29, 0.717) is 31.6 Å². The Morgan fingerprint density at radius 2 is 1.66 bits per heavy atom. The van der Waals surface area contributed by atoms with Crippen LogP contribution >= 0.6 is 11.8 Å². The Bertz CT molecular complexity index is 909. The predicted molar refractivity (Wildman–Crippen MR) is 124 cm³/mol. The number of carbonyl (C=O) groups is 3. The molecule has 7 nitrogen and oxygen atoms in total. The molecular formula is C24H28N2O5S. The summed E-state index contributed by atoms with van der Waals surface area (Å²) in [5, 5.41) is 22.0. The van der Waals surface area contributed by atoms with Gasteiger partial charge in [-0.25, -0.2) is 0 Å². The van der Waals surface area contributed by atoms with Gasteiger partial charge in [0.2, 0.25) is 5.91 Å². The van der Waals surface area contributed by atoms with Crippen LogP contribution in [0.4, 0.5) is 0 Å². The van der Waals surface area contributed by atoms with Gasteiger partial charge in [0.25, 0.3) is 0 Å². The van der Waals surface area contributed by atoms with Crippen LogP contribution in [0.1, 0.15) is 17.5 Å². The maximum absolute atomic E-state index is 13.1. The number of aryl methyl sites for hydroxylation is 1. The minimum Gasteiger partial charge on any atom is -0.480 e. The summed E-state index contributed by atoms with van der Waals surface area (Å²) in [6.07, 6.45) is 1.60. The molecule has 3 rings (SSSR count). The van der Waals surface area contributed by atoms with Crippen molar-refractivity contribution in [2.24, 2.45) is 0 Å². The van der Waals surface area contributed by atoms with Crippen LogP contribution in [0.15, 0.2) is 60.7 Å². The van der Waals surface area contributed by atoms with Gasteiger partial charge in [-0.2, -0.15) is 11.8 Å². The van der Waals surface area contributed by atoms with Crippen LogP contribution < -0.4 is 5.32 Å². The first-order valence-corrected chi connectivity index (χ1v) is 11.7. The smallest absolute Gasteiger partial charge is 0.323 e. The molecule has 2 aromatic rings. The van der Waals surface area contributed by atoms with Crippen LogP contribution in [0.2, 0.25) is 0 Å². The zero-order chi connectivity index (χ0) is 22.9. The summed E-state index contributed by atoms with van der Waals surface area (Å²) >= 11 is 1.58. The fourth-order valence-corrected chi connectivity index (χ4v) is 5.11. The molecular weight excluding hydrogens is 428 g/mol. The predicted octanol–water partition coefficient (Wildman–Crippen LogP) is 2.30. The second-order valence-electron chi connectivity index (χ2n) is 7.89. The standard InChI is InChI=1S/C24H28N2O5S/c27-22(28)15-26-14-19(13-18-9-5-2-6-10-18)32-16-21(23(26)29)25-20(24(30)31)12-11-17-7-3-1-4-8-17/h1-10,19-21,25H,11-16H2,(H,27,28)(H,30,31). The van der Waals surface area contributed by atoms with Gasteiger partial charge >= 0.3 is 11.9 Å². The van der Waals surface area contributed by atoms with E-state index in [9.17, 15) is 24.6 Å². The van der Waals surface area contributed by atoms with Crippen LogP contribution in [0, 0.1) is 0 Å². The molecule has 3 N–H and O–H groups in total. The number of hydrogen-bond donors (Lipinski definition) is 3. The molecule has 32 heavy (non-hydrogen) atoms. The number of aliphatic carboxylic acids is 2. The van der Waals surface area contributed by atoms with Crippen molar-refractivity contribution in [3.8, 4) is 0 Å². The fourth-order valence-electron chi connectivity index (χ4n) is 3.81. The molecule has 1 amide bonds. The summed E-state index contributed by atoms with van der Waals surface area (Å²) < 4.78 is 0. The number of amides is 1. The van der Waals surface area contributed by atoms with E-state index in [4.69, 9.17) is 0 Å². The lowest BCUT2D eigenvalue weighted by Gasteiger charge is -2.26. The molecule has 1 heterocycles. The van der Waals surface area contributed by atoms with Crippen molar-refractivity contribution in [3.63, 3.8) is 0 Å². The average molecular weight is 457 g/mol. The molecule has 170 valence electrons. The van der Waals surface area contributed by atoms with Crippen LogP contribution in [-0.2, 0) is 27.2 Å². The maximum atomic E-state index is 13.1. The average Bonchev–Trinajstić information content (AvgIpc) is 2.91. The maximum Gasteiger partial charge on any atom is 0.323 e. The minimum absolute atomic E-state index is 0.0279. The van der Waals surface area contributed by atoms with E-state index in [1.807, 2.05) is 60.7 Å². The molecule has 2 aromatic carbocycles. The van der Waals surface area contributed by atoms with E-state index >= 15 is 0 Å². The van der Waals surface area contributed by atoms with Gasteiger partial charge < -0.3 is 15.1 Å². The Balaban J connectivity index is 1.69. The molecule has 0 aromatic heterocycles. The first-order chi connectivity index (χ1) is 15.4. The topological polar surface area (TPSA) is 107 Å². The van der Waals surface area contributed by atoms with Gasteiger partial charge in [0, 0.05) is 17.5 Å². The van der Waals surface area contributed by atoms with Crippen molar-refractivity contribution < 1.29 is 24.6 Å². The monoisotopic (exact) mass is 456 g/mol. The van der Waals surface area contributed by atoms with Gasteiger partial charge in [-0.05, 0) is 30.4 Å². The lowest BCUT2D eigenvalue weighted by Crippen LogP contribution is -2.53. The Morgan fingerprint density at radius 1 is 1.03 bits per heavy atom. The number of hydrogen-bond acceptors (Lipinski definition) is 5. The van der Waals surface area contributed by atoms with Gasteiger partial charge in [-0.1, -0.05) is 60.7 Å². The van der Waals surface area contributed by atoms with E-state index in [1.165, 1.54) is 4.90 Å². The zero-order valence-corrected chi connectivity index (χ0v) is 18.5. The lowest BCUT2D eigenvalue weighted by atomic mass is 10.0. The largest absolute Gasteiger partial charge is 0.480 e. The highest BCUT2D eigenvalue weighted by Gasteiger charge is 2.35. The lowest BCUT2D eigenvalue weighted by molar-refractivity contribution is -0.146. The summed E-state index contributed by atoms with van der Waals surface area (Å²) in [7, 11) is 0. The number of carbonyl (C=O) groups excluding carboxylic acids is 1. The highest BCUT2D eigenvalue weighted by molar-refractivity contribution is 8.00. The SMILES string of the molecule is O=C(O)CN1CC(Cc2ccccc2)SCC(NC(CCc2ccccc2)C(=O)O)C1=O. The van der Waals surface area contributed by atoms with Crippen molar-refractivity contribution >= 4 is 29.6 Å². The quantitative estimate of drug-likeness (QED) is 0.504. The molecule has 0 bridgehead atoms. The van der Waals surface area contributed by atoms with E-state index in [0.717, 1.165) is 11.1 Å². The molecule has 0 radical (unpaired) electrons. The van der Waals surface area contributed by atoms with Gasteiger partial charge in [-0.15, -0.1) is 0 Å². The van der Waals surface area contributed by atoms with Gasteiger partial charge in [0.05, 0.1) is 6.04 Å². The van der Waals surface area contributed by atoms with Crippen LogP contribution in [0.3, 0.4) is 0 Å². The Morgan fingerprint density at radius 3 is 2.25 bits per heavy atom. The summed E-state index contributed by atoms with van der Waals surface area (Å²) in [6, 6.07) is 17.8. The van der Waals surface area contributed by atoms with E-state index in [-0.39, 0.29) is 11.2 Å². The molecule has 3 atom stereocenters. The third-order valence-corrected chi connectivity index (χ3v) is 6.74. The van der Waals surface area contributed by atoms with E-state index in [2.05, 4.69) is 5.32 Å². The molecule has 1 saturated heterocycles. The van der Waals surface area contributed by atoms with Crippen molar-refractivity contribution in [3.05, 3.63) is 71.8 Å². The second kappa shape index (κ2) is 11.7. The molecule has 8 heteroatoms. The molecule has 0 saturated carbocycles. The van der Waals surface area contributed by atoms with Crippen LogP contribution in [0.5, 0.6) is 0 Å². The molecule has 3 unspecified atom stereocenters. The van der Waals surface area contributed by atoms with Crippen LogP contribution in [-0.4, -0.2) is 69.1 Å². The van der Waals surface area contributed by atoms with Crippen LogP contribution in [0.25, 0.3) is 0 Å². The number of nitrogens with one attached hydrogen (secondary N) is 1. The molecule has 0 spiro atoms. The summed E-state index contributed by atoms with van der Waals surface area (Å²) in [5.74, 6) is -2.07. The Labute approximate surface area is 191 Å². The minimum atomic E-state index is -1.08. The highest BCUT2D eigenvalue weighted by Crippen LogP contribution is 2.24. The number of nitrogens with zero attached hydrogens (tertiary/aromatic N) is 1. The van der Waals surface area contributed by atoms with Gasteiger partial charge in [-0.3, -0.25) is 19.7 Å². The zero-order valence-electron chi connectivity index (χ0n) is 17.7. The first kappa shape index (κ1) is 23.8. The third kappa shape index (κ3) is 7.10. The Kier molecular flexibility index (Phi) is 8.70. The number of carboxylic acids is 2. The number of benzene rings is 2. The first-order valence-electron chi connectivity index (χ1n) is 10.6. The number of carboxylic acid groups (broad SMARTS) is 2. The van der Waals surface area contributed by atoms with Crippen molar-refractivity contribution in [2.45, 2.75) is 36.6 Å².